The summed E-state index contributed by atoms with van der Waals surface area (Å²) < 4.78 is 12.1. The van der Waals surface area contributed by atoms with Crippen LogP contribution in [0.5, 0.6) is 5.75 Å². The molecule has 158 valence electrons. The van der Waals surface area contributed by atoms with Gasteiger partial charge in [-0.2, -0.15) is 0 Å². The van der Waals surface area contributed by atoms with Crippen LogP contribution in [0.15, 0.2) is 82.3 Å². The molecule has 4 aromatic rings. The van der Waals surface area contributed by atoms with Gasteiger partial charge in [0, 0.05) is 35.1 Å². The number of pyridine rings is 1. The Morgan fingerprint density at radius 1 is 1.06 bits per heavy atom. The van der Waals surface area contributed by atoms with Crippen molar-refractivity contribution in [2.75, 3.05) is 7.11 Å². The highest BCUT2D eigenvalue weighted by Gasteiger charge is 2.17. The van der Waals surface area contributed by atoms with E-state index in [0.717, 1.165) is 18.6 Å². The van der Waals surface area contributed by atoms with E-state index in [0.29, 0.717) is 27.8 Å². The van der Waals surface area contributed by atoms with Crippen LogP contribution in [-0.4, -0.2) is 23.6 Å². The van der Waals surface area contributed by atoms with Crippen molar-refractivity contribution in [2.45, 2.75) is 25.8 Å². The lowest BCUT2D eigenvalue weighted by Gasteiger charge is -2.16. The zero-order valence-electron chi connectivity index (χ0n) is 17.5. The van der Waals surface area contributed by atoms with Crippen LogP contribution in [-0.2, 0) is 6.42 Å². The van der Waals surface area contributed by atoms with Crippen molar-refractivity contribution in [1.29, 1.82) is 0 Å². The number of hydrogen-bond donors (Lipinski definition) is 1. The molecule has 1 atom stereocenters. The molecular formula is C25H24N2O4. The quantitative estimate of drug-likeness (QED) is 0.486. The first-order valence-corrected chi connectivity index (χ1v) is 10.2. The number of aromatic nitrogens is 1. The molecule has 6 nitrogen and oxygen atoms in total. The molecule has 1 amide bonds. The van der Waals surface area contributed by atoms with Gasteiger partial charge in [-0.1, -0.05) is 18.2 Å². The Kier molecular flexibility index (Phi) is 5.89. The standard InChI is InChI=1S/C25H24N2O4/c1-17(9-12-20-6-5-15-31-20)26-24(28)23-16-27(18-10-13-19(30-2)14-11-18)25(29)22-8-4-3-7-21(22)23/h3-8,10-11,13-17H,9,12H2,1-2H3,(H,26,28). The number of methoxy groups -OCH3 is 1. The third-order valence-corrected chi connectivity index (χ3v) is 5.30. The van der Waals surface area contributed by atoms with Crippen molar-refractivity contribution in [1.82, 2.24) is 9.88 Å². The monoisotopic (exact) mass is 416 g/mol. The van der Waals surface area contributed by atoms with E-state index >= 15 is 0 Å². The van der Waals surface area contributed by atoms with Gasteiger partial charge in [0.25, 0.3) is 11.5 Å². The Balaban J connectivity index is 1.66. The van der Waals surface area contributed by atoms with Crippen LogP contribution in [0.3, 0.4) is 0 Å². The summed E-state index contributed by atoms with van der Waals surface area (Å²) in [7, 11) is 1.59. The predicted molar refractivity (Wildman–Crippen MR) is 120 cm³/mol. The Labute approximate surface area is 180 Å². The van der Waals surface area contributed by atoms with Crippen LogP contribution >= 0.6 is 0 Å². The SMILES string of the molecule is COc1ccc(-n2cc(C(=O)NC(C)CCc3ccco3)c3ccccc3c2=O)cc1. The normalized spacial score (nSPS) is 11.9. The summed E-state index contributed by atoms with van der Waals surface area (Å²) in [5.41, 5.74) is 0.940. The highest BCUT2D eigenvalue weighted by atomic mass is 16.5. The molecule has 0 saturated heterocycles. The van der Waals surface area contributed by atoms with Crippen molar-refractivity contribution < 1.29 is 13.9 Å². The number of hydrogen-bond acceptors (Lipinski definition) is 4. The van der Waals surface area contributed by atoms with Gasteiger partial charge >= 0.3 is 0 Å². The average molecular weight is 416 g/mol. The van der Waals surface area contributed by atoms with Crippen molar-refractivity contribution in [3.05, 3.63) is 94.8 Å². The number of carbonyl (C=O) groups is 1. The van der Waals surface area contributed by atoms with E-state index in [4.69, 9.17) is 9.15 Å². The summed E-state index contributed by atoms with van der Waals surface area (Å²) in [5, 5.41) is 4.18. The van der Waals surface area contributed by atoms with E-state index in [1.54, 1.807) is 62.0 Å². The highest BCUT2D eigenvalue weighted by Crippen LogP contribution is 2.20. The summed E-state index contributed by atoms with van der Waals surface area (Å²) >= 11 is 0. The summed E-state index contributed by atoms with van der Waals surface area (Å²) in [6.07, 6.45) is 4.74. The van der Waals surface area contributed by atoms with E-state index in [2.05, 4.69) is 5.32 Å². The van der Waals surface area contributed by atoms with Crippen molar-refractivity contribution >= 4 is 16.7 Å². The Morgan fingerprint density at radius 2 is 1.81 bits per heavy atom. The lowest BCUT2D eigenvalue weighted by molar-refractivity contribution is 0.0939. The van der Waals surface area contributed by atoms with Crippen LogP contribution in [0.4, 0.5) is 0 Å². The number of rotatable bonds is 7. The smallest absolute Gasteiger partial charge is 0.262 e. The molecule has 0 fully saturated rings. The molecule has 0 aliphatic carbocycles. The molecule has 31 heavy (non-hydrogen) atoms. The third-order valence-electron chi connectivity index (χ3n) is 5.30. The first kappa shape index (κ1) is 20.5. The van der Waals surface area contributed by atoms with Crippen molar-refractivity contribution in [3.63, 3.8) is 0 Å². The lowest BCUT2D eigenvalue weighted by atomic mass is 10.1. The van der Waals surface area contributed by atoms with Gasteiger partial charge in [-0.15, -0.1) is 0 Å². The average Bonchev–Trinajstić information content (AvgIpc) is 3.32. The first-order chi connectivity index (χ1) is 15.1. The zero-order valence-corrected chi connectivity index (χ0v) is 17.5. The number of benzene rings is 2. The molecular weight excluding hydrogens is 392 g/mol. The molecule has 2 heterocycles. The molecule has 0 saturated carbocycles. The van der Waals surface area contributed by atoms with Gasteiger partial charge in [-0.05, 0) is 55.8 Å². The summed E-state index contributed by atoms with van der Waals surface area (Å²) in [5.74, 6) is 1.37. The Morgan fingerprint density at radius 3 is 2.48 bits per heavy atom. The molecule has 0 spiro atoms. The van der Waals surface area contributed by atoms with Gasteiger partial charge in [0.05, 0.1) is 18.9 Å². The second kappa shape index (κ2) is 8.92. The van der Waals surface area contributed by atoms with Gasteiger partial charge in [-0.25, -0.2) is 0 Å². The van der Waals surface area contributed by atoms with Crippen molar-refractivity contribution in [3.8, 4) is 11.4 Å². The topological polar surface area (TPSA) is 73.5 Å². The van der Waals surface area contributed by atoms with E-state index < -0.39 is 0 Å². The number of amides is 1. The predicted octanol–water partition coefficient (Wildman–Crippen LogP) is 4.34. The fourth-order valence-electron chi connectivity index (χ4n) is 3.59. The highest BCUT2D eigenvalue weighted by molar-refractivity contribution is 6.06. The van der Waals surface area contributed by atoms with Crippen LogP contribution in [0.2, 0.25) is 0 Å². The number of nitrogens with one attached hydrogen (secondary N) is 1. The molecule has 4 rings (SSSR count). The second-order valence-corrected chi connectivity index (χ2v) is 7.45. The summed E-state index contributed by atoms with van der Waals surface area (Å²) in [4.78, 5) is 26.3. The van der Waals surface area contributed by atoms with E-state index in [-0.39, 0.29) is 17.5 Å². The maximum Gasteiger partial charge on any atom is 0.262 e. The lowest BCUT2D eigenvalue weighted by Crippen LogP contribution is -2.34. The number of carbonyl (C=O) groups excluding carboxylic acids is 1. The fraction of sp³-hybridized carbons (Fsp3) is 0.200. The first-order valence-electron chi connectivity index (χ1n) is 10.2. The van der Waals surface area contributed by atoms with E-state index in [1.165, 1.54) is 4.57 Å². The zero-order chi connectivity index (χ0) is 21.8. The van der Waals surface area contributed by atoms with Gasteiger partial charge < -0.3 is 14.5 Å². The van der Waals surface area contributed by atoms with Gasteiger partial charge in [0.2, 0.25) is 0 Å². The van der Waals surface area contributed by atoms with E-state index in [1.807, 2.05) is 25.1 Å². The maximum absolute atomic E-state index is 13.2. The van der Waals surface area contributed by atoms with E-state index in [9.17, 15) is 9.59 Å². The van der Waals surface area contributed by atoms with Crippen molar-refractivity contribution in [2.24, 2.45) is 0 Å². The third kappa shape index (κ3) is 4.38. The fourth-order valence-corrected chi connectivity index (χ4v) is 3.59. The number of nitrogens with zero attached hydrogens (tertiary/aromatic N) is 1. The molecule has 0 bridgehead atoms. The Hall–Kier alpha value is -3.80. The molecule has 0 aliphatic rings. The minimum absolute atomic E-state index is 0.0577. The largest absolute Gasteiger partial charge is 0.497 e. The maximum atomic E-state index is 13.2. The number of ether oxygens (including phenoxy) is 1. The second-order valence-electron chi connectivity index (χ2n) is 7.45. The van der Waals surface area contributed by atoms with Gasteiger partial charge in [-0.3, -0.25) is 14.2 Å². The molecule has 2 aromatic carbocycles. The molecule has 2 aromatic heterocycles. The minimum atomic E-state index is -0.217. The summed E-state index contributed by atoms with van der Waals surface area (Å²) in [6, 6.07) is 18.1. The summed E-state index contributed by atoms with van der Waals surface area (Å²) in [6.45, 7) is 1.96. The molecule has 1 N–H and O–H groups in total. The number of furan rings is 1. The van der Waals surface area contributed by atoms with Gasteiger partial charge in [0.1, 0.15) is 11.5 Å². The molecule has 0 aliphatic heterocycles. The molecule has 0 radical (unpaired) electrons. The molecule has 6 heteroatoms. The number of fused-ring (bicyclic) bond motifs is 1. The van der Waals surface area contributed by atoms with Crippen LogP contribution in [0, 0.1) is 0 Å². The van der Waals surface area contributed by atoms with Gasteiger partial charge in [0.15, 0.2) is 0 Å². The van der Waals surface area contributed by atoms with Crippen LogP contribution < -0.4 is 15.6 Å². The molecule has 1 unspecified atom stereocenters. The Bertz CT molecular complexity index is 1240. The van der Waals surface area contributed by atoms with Crippen LogP contribution in [0.1, 0.15) is 29.5 Å². The van der Waals surface area contributed by atoms with Crippen LogP contribution in [0.25, 0.3) is 16.5 Å². The number of aryl methyl sites for hydroxylation is 1. The minimum Gasteiger partial charge on any atom is -0.497 e.